The Balaban J connectivity index is 2.98. The van der Waals surface area contributed by atoms with Crippen LogP contribution in [0.2, 0.25) is 0 Å². The van der Waals surface area contributed by atoms with Gasteiger partial charge in [0.05, 0.1) is 11.4 Å². The van der Waals surface area contributed by atoms with E-state index in [0.717, 1.165) is 5.56 Å². The van der Waals surface area contributed by atoms with Gasteiger partial charge in [0.1, 0.15) is 4.99 Å². The average molecular weight is 272 g/mol. The molecule has 0 saturated heterocycles. The maximum absolute atomic E-state index is 11.8. The second-order valence-corrected chi connectivity index (χ2v) is 6.25. The SMILES string of the molecule is CCCS(=O)(=O)N(C)c1ccc(C(N)=S)cc1. The largest absolute Gasteiger partial charge is 0.389 e. The zero-order valence-corrected chi connectivity index (χ0v) is 11.5. The summed E-state index contributed by atoms with van der Waals surface area (Å²) in [4.78, 5) is 0.301. The first-order valence-corrected chi connectivity index (χ1v) is 7.26. The number of rotatable bonds is 5. The lowest BCUT2D eigenvalue weighted by atomic mass is 10.2. The van der Waals surface area contributed by atoms with Gasteiger partial charge in [-0.3, -0.25) is 4.31 Å². The number of sulfonamides is 1. The third kappa shape index (κ3) is 3.41. The van der Waals surface area contributed by atoms with Crippen LogP contribution in [0.5, 0.6) is 0 Å². The van der Waals surface area contributed by atoms with Gasteiger partial charge in [-0.1, -0.05) is 19.1 Å². The molecule has 0 spiro atoms. The monoisotopic (exact) mass is 272 g/mol. The predicted octanol–water partition coefficient (Wildman–Crippen LogP) is 1.50. The summed E-state index contributed by atoms with van der Waals surface area (Å²) in [6, 6.07) is 6.83. The third-order valence-electron chi connectivity index (χ3n) is 2.39. The molecule has 2 N–H and O–H groups in total. The molecular weight excluding hydrogens is 256 g/mol. The molecule has 0 unspecified atom stereocenters. The highest BCUT2D eigenvalue weighted by Gasteiger charge is 2.16. The molecule has 17 heavy (non-hydrogen) atoms. The minimum absolute atomic E-state index is 0.139. The summed E-state index contributed by atoms with van der Waals surface area (Å²) in [5, 5.41) is 0. The van der Waals surface area contributed by atoms with Gasteiger partial charge in [0, 0.05) is 12.6 Å². The van der Waals surface area contributed by atoms with E-state index in [2.05, 4.69) is 0 Å². The molecule has 0 fully saturated rings. The second kappa shape index (κ2) is 5.46. The molecule has 0 heterocycles. The van der Waals surface area contributed by atoms with Gasteiger partial charge >= 0.3 is 0 Å². The third-order valence-corrected chi connectivity index (χ3v) is 4.60. The molecule has 0 aliphatic carbocycles. The van der Waals surface area contributed by atoms with E-state index >= 15 is 0 Å². The van der Waals surface area contributed by atoms with Crippen LogP contribution in [0.1, 0.15) is 18.9 Å². The minimum Gasteiger partial charge on any atom is -0.389 e. The Labute approximate surface area is 107 Å². The lowest BCUT2D eigenvalue weighted by Gasteiger charge is -2.19. The molecule has 0 aliphatic rings. The van der Waals surface area contributed by atoms with Crippen LogP contribution in [-0.4, -0.2) is 26.2 Å². The number of benzene rings is 1. The lowest BCUT2D eigenvalue weighted by Crippen LogP contribution is -2.28. The summed E-state index contributed by atoms with van der Waals surface area (Å²) in [6.45, 7) is 1.83. The summed E-state index contributed by atoms with van der Waals surface area (Å²) in [7, 11) is -1.68. The summed E-state index contributed by atoms with van der Waals surface area (Å²) in [5.74, 6) is 0.139. The Bertz CT molecular complexity index is 495. The molecule has 1 aromatic carbocycles. The Morgan fingerprint density at radius 2 is 1.88 bits per heavy atom. The van der Waals surface area contributed by atoms with Crippen molar-refractivity contribution in [1.82, 2.24) is 0 Å². The normalized spacial score (nSPS) is 11.2. The first-order chi connectivity index (χ1) is 7.88. The predicted molar refractivity (Wildman–Crippen MR) is 74.8 cm³/mol. The van der Waals surface area contributed by atoms with Gasteiger partial charge in [0.2, 0.25) is 10.0 Å². The Kier molecular flexibility index (Phi) is 4.47. The van der Waals surface area contributed by atoms with Crippen molar-refractivity contribution in [2.45, 2.75) is 13.3 Å². The van der Waals surface area contributed by atoms with Crippen molar-refractivity contribution >= 4 is 32.9 Å². The molecule has 1 rings (SSSR count). The van der Waals surface area contributed by atoms with Crippen LogP contribution in [0.25, 0.3) is 0 Å². The van der Waals surface area contributed by atoms with Crippen molar-refractivity contribution < 1.29 is 8.42 Å². The zero-order valence-electron chi connectivity index (χ0n) is 9.88. The van der Waals surface area contributed by atoms with Gasteiger partial charge in [0.25, 0.3) is 0 Å². The molecule has 0 atom stereocenters. The van der Waals surface area contributed by atoms with E-state index in [-0.39, 0.29) is 5.75 Å². The van der Waals surface area contributed by atoms with Crippen molar-refractivity contribution in [1.29, 1.82) is 0 Å². The molecule has 4 nitrogen and oxygen atoms in total. The molecule has 0 aromatic heterocycles. The van der Waals surface area contributed by atoms with E-state index < -0.39 is 10.0 Å². The average Bonchev–Trinajstić information content (AvgIpc) is 2.28. The number of thiocarbonyl (C=S) groups is 1. The number of nitrogens with zero attached hydrogens (tertiary/aromatic N) is 1. The molecule has 0 aliphatic heterocycles. The van der Waals surface area contributed by atoms with Crippen LogP contribution in [0.4, 0.5) is 5.69 Å². The van der Waals surface area contributed by atoms with Crippen molar-refractivity contribution in [2.24, 2.45) is 5.73 Å². The standard InChI is InChI=1S/C11H16N2O2S2/c1-3-8-17(14,15)13(2)10-6-4-9(5-7-10)11(12)16/h4-7H,3,8H2,1-2H3,(H2,12,16). The molecule has 0 bridgehead atoms. The van der Waals surface area contributed by atoms with Crippen molar-refractivity contribution in [2.75, 3.05) is 17.1 Å². The Morgan fingerprint density at radius 1 is 1.35 bits per heavy atom. The number of nitrogens with two attached hydrogens (primary N) is 1. The number of hydrogen-bond acceptors (Lipinski definition) is 3. The van der Waals surface area contributed by atoms with Crippen LogP contribution >= 0.6 is 12.2 Å². The number of hydrogen-bond donors (Lipinski definition) is 1. The second-order valence-electron chi connectivity index (χ2n) is 3.69. The van der Waals surface area contributed by atoms with E-state index in [9.17, 15) is 8.42 Å². The van der Waals surface area contributed by atoms with Gasteiger partial charge in [-0.25, -0.2) is 8.42 Å². The van der Waals surface area contributed by atoms with Gasteiger partial charge < -0.3 is 5.73 Å². The van der Waals surface area contributed by atoms with Crippen LogP contribution in [0.15, 0.2) is 24.3 Å². The van der Waals surface area contributed by atoms with Crippen molar-refractivity contribution in [3.05, 3.63) is 29.8 Å². The summed E-state index contributed by atoms with van der Waals surface area (Å²) >= 11 is 4.83. The van der Waals surface area contributed by atoms with E-state index in [4.69, 9.17) is 18.0 Å². The van der Waals surface area contributed by atoms with Gasteiger partial charge in [-0.2, -0.15) is 0 Å². The van der Waals surface area contributed by atoms with Crippen LogP contribution in [0, 0.1) is 0 Å². The van der Waals surface area contributed by atoms with E-state index in [1.165, 1.54) is 4.31 Å². The fraction of sp³-hybridized carbons (Fsp3) is 0.364. The lowest BCUT2D eigenvalue weighted by molar-refractivity contribution is 0.593. The Morgan fingerprint density at radius 3 is 2.29 bits per heavy atom. The summed E-state index contributed by atoms with van der Waals surface area (Å²) in [5.41, 5.74) is 6.81. The van der Waals surface area contributed by atoms with Gasteiger partial charge in [0.15, 0.2) is 0 Å². The smallest absolute Gasteiger partial charge is 0.234 e. The zero-order chi connectivity index (χ0) is 13.1. The highest BCUT2D eigenvalue weighted by molar-refractivity contribution is 7.92. The highest BCUT2D eigenvalue weighted by Crippen LogP contribution is 2.17. The molecule has 0 radical (unpaired) electrons. The molecule has 0 amide bonds. The van der Waals surface area contributed by atoms with Gasteiger partial charge in [-0.15, -0.1) is 0 Å². The summed E-state index contributed by atoms with van der Waals surface area (Å²) in [6.07, 6.45) is 0.595. The fourth-order valence-corrected chi connectivity index (χ4v) is 2.76. The fourth-order valence-electron chi connectivity index (χ4n) is 1.39. The number of anilines is 1. The molecule has 6 heteroatoms. The van der Waals surface area contributed by atoms with E-state index in [1.54, 1.807) is 31.3 Å². The highest BCUT2D eigenvalue weighted by atomic mass is 32.2. The quantitative estimate of drug-likeness (QED) is 0.825. The van der Waals surface area contributed by atoms with Gasteiger partial charge in [-0.05, 0) is 30.7 Å². The topological polar surface area (TPSA) is 63.4 Å². The first-order valence-electron chi connectivity index (χ1n) is 5.25. The first kappa shape index (κ1) is 13.9. The molecule has 1 aromatic rings. The minimum atomic E-state index is -3.23. The van der Waals surface area contributed by atoms with Crippen LogP contribution in [0.3, 0.4) is 0 Å². The summed E-state index contributed by atoms with van der Waals surface area (Å²) < 4.78 is 24.9. The van der Waals surface area contributed by atoms with Crippen molar-refractivity contribution in [3.63, 3.8) is 0 Å². The van der Waals surface area contributed by atoms with Crippen molar-refractivity contribution in [3.8, 4) is 0 Å². The maximum Gasteiger partial charge on any atom is 0.234 e. The molecular formula is C11H16N2O2S2. The maximum atomic E-state index is 11.8. The van der Waals surface area contributed by atoms with E-state index in [0.29, 0.717) is 17.1 Å². The van der Waals surface area contributed by atoms with E-state index in [1.807, 2.05) is 6.92 Å². The van der Waals surface area contributed by atoms with Crippen LogP contribution in [-0.2, 0) is 10.0 Å². The Hall–Kier alpha value is -1.14. The molecule has 94 valence electrons. The molecule has 0 saturated carbocycles. The van der Waals surface area contributed by atoms with Crippen LogP contribution < -0.4 is 10.0 Å².